The lowest BCUT2D eigenvalue weighted by molar-refractivity contribution is -0.0741. The van der Waals surface area contributed by atoms with Gasteiger partial charge in [-0.1, -0.05) is 0 Å². The molecule has 2 aliphatic rings. The van der Waals surface area contributed by atoms with Gasteiger partial charge in [-0.2, -0.15) is 0 Å². The summed E-state index contributed by atoms with van der Waals surface area (Å²) in [6.45, 7) is 6.54. The lowest BCUT2D eigenvalue weighted by atomic mass is 9.79. The van der Waals surface area contributed by atoms with E-state index in [0.29, 0.717) is 5.41 Å². The molecule has 2 saturated heterocycles. The number of hydrogen-bond acceptors (Lipinski definition) is 5. The van der Waals surface area contributed by atoms with Crippen LogP contribution in [-0.2, 0) is 9.47 Å². The van der Waals surface area contributed by atoms with E-state index in [1.165, 1.54) is 0 Å². The third kappa shape index (κ3) is 3.65. The monoisotopic (exact) mass is 258 g/mol. The molecule has 0 aromatic heterocycles. The van der Waals surface area contributed by atoms with Gasteiger partial charge in [0.1, 0.15) is 0 Å². The van der Waals surface area contributed by atoms with Crippen molar-refractivity contribution in [3.8, 4) is 0 Å². The van der Waals surface area contributed by atoms with Crippen LogP contribution in [-0.4, -0.2) is 75.8 Å². The smallest absolute Gasteiger partial charge is 0.0932 e. The van der Waals surface area contributed by atoms with Gasteiger partial charge in [0.05, 0.1) is 19.3 Å². The minimum Gasteiger partial charge on any atom is -0.394 e. The molecule has 2 N–H and O–H groups in total. The first kappa shape index (κ1) is 14.2. The Bertz CT molecular complexity index is 239. The van der Waals surface area contributed by atoms with Crippen LogP contribution < -0.4 is 5.32 Å². The summed E-state index contributed by atoms with van der Waals surface area (Å²) in [6.07, 6.45) is 2.23. The second-order valence-electron chi connectivity index (χ2n) is 5.55. The average Bonchev–Trinajstić information content (AvgIpc) is 2.40. The van der Waals surface area contributed by atoms with Crippen LogP contribution in [0, 0.1) is 5.41 Å². The van der Waals surface area contributed by atoms with Gasteiger partial charge in [-0.3, -0.25) is 4.90 Å². The van der Waals surface area contributed by atoms with Crippen molar-refractivity contribution in [2.75, 3.05) is 59.7 Å². The lowest BCUT2D eigenvalue weighted by Crippen LogP contribution is -2.52. The number of hydrogen-bond donors (Lipinski definition) is 2. The Hall–Kier alpha value is -0.200. The molecule has 1 atom stereocenters. The molecule has 2 fully saturated rings. The standard InChI is InChI=1S/C13H26N2O3/c1-14-10-13(2-5-17-6-3-13)11-15-4-7-18-12(8-15)9-16/h12,14,16H,2-11H2,1H3. The number of nitrogens with zero attached hydrogens (tertiary/aromatic N) is 1. The molecule has 2 aliphatic heterocycles. The third-order valence-corrected chi connectivity index (χ3v) is 4.09. The Morgan fingerprint density at radius 1 is 1.33 bits per heavy atom. The molecule has 5 heteroatoms. The number of aliphatic hydroxyl groups is 1. The minimum absolute atomic E-state index is 0.00905. The summed E-state index contributed by atoms with van der Waals surface area (Å²) in [5.74, 6) is 0. The van der Waals surface area contributed by atoms with Gasteiger partial charge in [-0.15, -0.1) is 0 Å². The molecule has 5 nitrogen and oxygen atoms in total. The SMILES string of the molecule is CNCC1(CN2CCOC(CO)C2)CCOCC1. The summed E-state index contributed by atoms with van der Waals surface area (Å²) in [7, 11) is 2.02. The average molecular weight is 258 g/mol. The van der Waals surface area contributed by atoms with Crippen molar-refractivity contribution in [1.82, 2.24) is 10.2 Å². The first-order chi connectivity index (χ1) is 8.78. The molecule has 0 radical (unpaired) electrons. The summed E-state index contributed by atoms with van der Waals surface area (Å²) in [4.78, 5) is 2.44. The Morgan fingerprint density at radius 2 is 2.11 bits per heavy atom. The first-order valence-electron chi connectivity index (χ1n) is 6.95. The maximum atomic E-state index is 9.20. The predicted octanol–water partition coefficient (Wildman–Crippen LogP) is -0.304. The van der Waals surface area contributed by atoms with Gasteiger partial charge in [0, 0.05) is 39.4 Å². The molecule has 18 heavy (non-hydrogen) atoms. The van der Waals surface area contributed by atoms with Gasteiger partial charge in [0.15, 0.2) is 0 Å². The zero-order valence-electron chi connectivity index (χ0n) is 11.4. The quantitative estimate of drug-likeness (QED) is 0.709. The highest BCUT2D eigenvalue weighted by molar-refractivity contribution is 4.88. The van der Waals surface area contributed by atoms with Gasteiger partial charge in [0.25, 0.3) is 0 Å². The van der Waals surface area contributed by atoms with E-state index >= 15 is 0 Å². The van der Waals surface area contributed by atoms with Gasteiger partial charge < -0.3 is 19.9 Å². The Balaban J connectivity index is 1.91. The lowest BCUT2D eigenvalue weighted by Gasteiger charge is -2.43. The maximum Gasteiger partial charge on any atom is 0.0932 e. The second kappa shape index (κ2) is 6.82. The summed E-state index contributed by atoms with van der Waals surface area (Å²) >= 11 is 0. The van der Waals surface area contributed by atoms with E-state index in [1.54, 1.807) is 0 Å². The van der Waals surface area contributed by atoms with Crippen molar-refractivity contribution in [3.63, 3.8) is 0 Å². The van der Waals surface area contributed by atoms with Crippen LogP contribution in [0.3, 0.4) is 0 Å². The molecule has 0 spiro atoms. The van der Waals surface area contributed by atoms with E-state index in [4.69, 9.17) is 9.47 Å². The van der Waals surface area contributed by atoms with Crippen molar-refractivity contribution >= 4 is 0 Å². The van der Waals surface area contributed by atoms with E-state index in [9.17, 15) is 5.11 Å². The summed E-state index contributed by atoms with van der Waals surface area (Å²) in [6, 6.07) is 0. The van der Waals surface area contributed by atoms with E-state index in [0.717, 1.165) is 58.8 Å². The molecular formula is C13H26N2O3. The number of nitrogens with one attached hydrogen (secondary N) is 1. The van der Waals surface area contributed by atoms with Gasteiger partial charge >= 0.3 is 0 Å². The zero-order valence-corrected chi connectivity index (χ0v) is 11.4. The van der Waals surface area contributed by atoms with Crippen LogP contribution in [0.2, 0.25) is 0 Å². The molecule has 0 amide bonds. The Morgan fingerprint density at radius 3 is 2.78 bits per heavy atom. The fraction of sp³-hybridized carbons (Fsp3) is 1.00. The molecular weight excluding hydrogens is 232 g/mol. The normalized spacial score (nSPS) is 29.3. The fourth-order valence-corrected chi connectivity index (χ4v) is 3.08. The van der Waals surface area contributed by atoms with Crippen LogP contribution >= 0.6 is 0 Å². The number of aliphatic hydroxyl groups excluding tert-OH is 1. The van der Waals surface area contributed by atoms with Crippen LogP contribution in [0.4, 0.5) is 0 Å². The van der Waals surface area contributed by atoms with Gasteiger partial charge in [-0.05, 0) is 25.3 Å². The Kier molecular flexibility index (Phi) is 5.38. The van der Waals surface area contributed by atoms with E-state index in [2.05, 4.69) is 10.2 Å². The van der Waals surface area contributed by atoms with Crippen LogP contribution in [0.25, 0.3) is 0 Å². The van der Waals surface area contributed by atoms with Crippen molar-refractivity contribution < 1.29 is 14.6 Å². The van der Waals surface area contributed by atoms with Crippen molar-refractivity contribution in [3.05, 3.63) is 0 Å². The zero-order chi connectivity index (χ0) is 12.8. The van der Waals surface area contributed by atoms with Crippen molar-refractivity contribution in [2.45, 2.75) is 18.9 Å². The molecule has 1 unspecified atom stereocenters. The number of morpholine rings is 1. The highest BCUT2D eigenvalue weighted by Gasteiger charge is 2.35. The van der Waals surface area contributed by atoms with E-state index in [1.807, 2.05) is 7.05 Å². The summed E-state index contributed by atoms with van der Waals surface area (Å²) < 4.78 is 11.0. The molecule has 0 aromatic rings. The molecule has 0 aliphatic carbocycles. The third-order valence-electron chi connectivity index (χ3n) is 4.09. The molecule has 106 valence electrons. The van der Waals surface area contributed by atoms with Gasteiger partial charge in [0.2, 0.25) is 0 Å². The van der Waals surface area contributed by atoms with Crippen molar-refractivity contribution in [1.29, 1.82) is 0 Å². The van der Waals surface area contributed by atoms with E-state index < -0.39 is 0 Å². The Labute approximate surface area is 109 Å². The first-order valence-corrected chi connectivity index (χ1v) is 6.95. The summed E-state index contributed by atoms with van der Waals surface area (Å²) in [5.41, 5.74) is 0.324. The van der Waals surface area contributed by atoms with Crippen LogP contribution in [0.1, 0.15) is 12.8 Å². The minimum atomic E-state index is -0.00905. The van der Waals surface area contributed by atoms with Crippen molar-refractivity contribution in [2.24, 2.45) is 5.41 Å². The van der Waals surface area contributed by atoms with Crippen LogP contribution in [0.15, 0.2) is 0 Å². The topological polar surface area (TPSA) is 54.0 Å². The molecule has 0 bridgehead atoms. The summed E-state index contributed by atoms with van der Waals surface area (Å²) in [5, 5.41) is 12.5. The molecule has 2 rings (SSSR count). The fourth-order valence-electron chi connectivity index (χ4n) is 3.08. The number of rotatable bonds is 5. The molecule has 2 heterocycles. The highest BCUT2D eigenvalue weighted by Crippen LogP contribution is 2.31. The largest absolute Gasteiger partial charge is 0.394 e. The van der Waals surface area contributed by atoms with Crippen LogP contribution in [0.5, 0.6) is 0 Å². The second-order valence-corrected chi connectivity index (χ2v) is 5.55. The van der Waals surface area contributed by atoms with Gasteiger partial charge in [-0.25, -0.2) is 0 Å². The number of ether oxygens (including phenoxy) is 2. The van der Waals surface area contributed by atoms with E-state index in [-0.39, 0.29) is 12.7 Å². The molecule has 0 saturated carbocycles. The maximum absolute atomic E-state index is 9.20. The predicted molar refractivity (Wildman–Crippen MR) is 69.7 cm³/mol. The highest BCUT2D eigenvalue weighted by atomic mass is 16.5. The molecule has 0 aromatic carbocycles.